The predicted molar refractivity (Wildman–Crippen MR) is 72.6 cm³/mol. The van der Waals surface area contributed by atoms with E-state index in [9.17, 15) is 0 Å². The van der Waals surface area contributed by atoms with Crippen LogP contribution in [0.5, 0.6) is 0 Å². The van der Waals surface area contributed by atoms with E-state index in [1.807, 2.05) is 13.8 Å². The van der Waals surface area contributed by atoms with Crippen LogP contribution in [0.2, 0.25) is 0 Å². The highest BCUT2D eigenvalue weighted by Crippen LogP contribution is 2.31. The van der Waals surface area contributed by atoms with Crippen molar-refractivity contribution in [2.75, 3.05) is 39.4 Å². The minimum absolute atomic E-state index is 0.0825. The molecule has 4 nitrogen and oxygen atoms in total. The average Bonchev–Trinajstić information content (AvgIpc) is 3.11. The summed E-state index contributed by atoms with van der Waals surface area (Å²) in [7, 11) is 0. The molecule has 0 aromatic heterocycles. The second-order valence-electron chi connectivity index (χ2n) is 5.38. The first-order chi connectivity index (χ1) is 8.83. The van der Waals surface area contributed by atoms with E-state index in [1.54, 1.807) is 0 Å². The standard InChI is InChI=1S/C14H28N2O2/c1-3-17-14(18-4-2)10-15-9-12-7-8-16(11-12)13-5-6-13/h12-15H,3-11H2,1-2H3. The van der Waals surface area contributed by atoms with Gasteiger partial charge in [0.1, 0.15) is 0 Å². The lowest BCUT2D eigenvalue weighted by Crippen LogP contribution is -2.35. The van der Waals surface area contributed by atoms with Crippen molar-refractivity contribution in [2.24, 2.45) is 5.92 Å². The van der Waals surface area contributed by atoms with E-state index in [2.05, 4.69) is 10.2 Å². The Morgan fingerprint density at radius 1 is 1.17 bits per heavy atom. The molecular weight excluding hydrogens is 228 g/mol. The van der Waals surface area contributed by atoms with Crippen LogP contribution in [0.1, 0.15) is 33.1 Å². The summed E-state index contributed by atoms with van der Waals surface area (Å²) in [5.41, 5.74) is 0. The summed E-state index contributed by atoms with van der Waals surface area (Å²) < 4.78 is 11.0. The Kier molecular flexibility index (Phi) is 5.89. The predicted octanol–water partition coefficient (Wildman–Crippen LogP) is 1.46. The molecule has 2 aliphatic rings. The molecule has 18 heavy (non-hydrogen) atoms. The van der Waals surface area contributed by atoms with Crippen molar-refractivity contribution in [2.45, 2.75) is 45.4 Å². The first-order valence-electron chi connectivity index (χ1n) is 7.51. The fraction of sp³-hybridized carbons (Fsp3) is 1.00. The van der Waals surface area contributed by atoms with Gasteiger partial charge < -0.3 is 19.7 Å². The van der Waals surface area contributed by atoms with E-state index in [4.69, 9.17) is 9.47 Å². The fourth-order valence-electron chi connectivity index (χ4n) is 2.74. The zero-order chi connectivity index (χ0) is 12.8. The van der Waals surface area contributed by atoms with Gasteiger partial charge in [0.15, 0.2) is 6.29 Å². The second-order valence-corrected chi connectivity index (χ2v) is 5.38. The zero-order valence-electron chi connectivity index (χ0n) is 11.9. The van der Waals surface area contributed by atoms with Gasteiger partial charge in [-0.05, 0) is 52.1 Å². The lowest BCUT2D eigenvalue weighted by atomic mass is 10.1. The second kappa shape index (κ2) is 7.43. The Labute approximate surface area is 111 Å². The molecule has 0 radical (unpaired) electrons. The SMILES string of the molecule is CCOC(CNCC1CCN(C2CC2)C1)OCC. The van der Waals surface area contributed by atoms with Gasteiger partial charge in [-0.3, -0.25) is 0 Å². The molecule has 0 spiro atoms. The average molecular weight is 256 g/mol. The Bertz CT molecular complexity index is 228. The largest absolute Gasteiger partial charge is 0.352 e. The van der Waals surface area contributed by atoms with Gasteiger partial charge in [0.2, 0.25) is 0 Å². The summed E-state index contributed by atoms with van der Waals surface area (Å²) in [6.07, 6.45) is 4.12. The Morgan fingerprint density at radius 2 is 1.89 bits per heavy atom. The summed E-state index contributed by atoms with van der Waals surface area (Å²) >= 11 is 0. The van der Waals surface area contributed by atoms with Gasteiger partial charge in [0, 0.05) is 32.3 Å². The molecule has 1 atom stereocenters. The van der Waals surface area contributed by atoms with Crippen molar-refractivity contribution >= 4 is 0 Å². The minimum Gasteiger partial charge on any atom is -0.352 e. The van der Waals surface area contributed by atoms with E-state index in [0.29, 0.717) is 13.2 Å². The highest BCUT2D eigenvalue weighted by molar-refractivity contribution is 4.89. The van der Waals surface area contributed by atoms with E-state index in [0.717, 1.165) is 25.0 Å². The maximum Gasteiger partial charge on any atom is 0.169 e. The number of rotatable bonds is 9. The molecule has 2 fully saturated rings. The van der Waals surface area contributed by atoms with Crippen LogP contribution in [-0.2, 0) is 9.47 Å². The van der Waals surface area contributed by atoms with Crippen LogP contribution in [0, 0.1) is 5.92 Å². The Balaban J connectivity index is 1.56. The lowest BCUT2D eigenvalue weighted by Gasteiger charge is -2.19. The molecule has 4 heteroatoms. The monoisotopic (exact) mass is 256 g/mol. The Morgan fingerprint density at radius 3 is 2.50 bits per heavy atom. The molecule has 1 aliphatic carbocycles. The van der Waals surface area contributed by atoms with Gasteiger partial charge in [0.25, 0.3) is 0 Å². The maximum absolute atomic E-state index is 5.52. The normalized spacial score (nSPS) is 25.2. The summed E-state index contributed by atoms with van der Waals surface area (Å²) in [6, 6.07) is 0.926. The van der Waals surface area contributed by atoms with Crippen LogP contribution in [0.4, 0.5) is 0 Å². The third-order valence-electron chi connectivity index (χ3n) is 3.83. The van der Waals surface area contributed by atoms with Crippen LogP contribution in [0.15, 0.2) is 0 Å². The number of ether oxygens (including phenoxy) is 2. The fourth-order valence-corrected chi connectivity index (χ4v) is 2.74. The Hall–Kier alpha value is -0.160. The first-order valence-corrected chi connectivity index (χ1v) is 7.51. The maximum atomic E-state index is 5.52. The van der Waals surface area contributed by atoms with Crippen molar-refractivity contribution in [3.05, 3.63) is 0 Å². The molecule has 2 rings (SSSR count). The number of hydrogen-bond acceptors (Lipinski definition) is 4. The first kappa shape index (κ1) is 14.3. The topological polar surface area (TPSA) is 33.7 Å². The van der Waals surface area contributed by atoms with Gasteiger partial charge in [-0.1, -0.05) is 0 Å². The summed E-state index contributed by atoms with van der Waals surface area (Å²) in [4.78, 5) is 2.66. The molecule has 1 heterocycles. The van der Waals surface area contributed by atoms with E-state index in [-0.39, 0.29) is 6.29 Å². The molecule has 0 bridgehead atoms. The van der Waals surface area contributed by atoms with Crippen molar-refractivity contribution in [3.63, 3.8) is 0 Å². The molecule has 1 unspecified atom stereocenters. The molecule has 106 valence electrons. The van der Waals surface area contributed by atoms with Crippen LogP contribution in [0.3, 0.4) is 0 Å². The van der Waals surface area contributed by atoms with Crippen LogP contribution >= 0.6 is 0 Å². The van der Waals surface area contributed by atoms with Gasteiger partial charge >= 0.3 is 0 Å². The van der Waals surface area contributed by atoms with Gasteiger partial charge in [-0.2, -0.15) is 0 Å². The smallest absolute Gasteiger partial charge is 0.169 e. The quantitative estimate of drug-likeness (QED) is 0.633. The van der Waals surface area contributed by atoms with E-state index in [1.165, 1.54) is 32.4 Å². The van der Waals surface area contributed by atoms with E-state index >= 15 is 0 Å². The highest BCUT2D eigenvalue weighted by Gasteiger charge is 2.34. The van der Waals surface area contributed by atoms with Crippen molar-refractivity contribution in [3.8, 4) is 0 Å². The van der Waals surface area contributed by atoms with Crippen LogP contribution in [-0.4, -0.2) is 56.6 Å². The molecule has 0 aromatic carbocycles. The van der Waals surface area contributed by atoms with Crippen molar-refractivity contribution < 1.29 is 9.47 Å². The summed E-state index contributed by atoms with van der Waals surface area (Å²) in [6.45, 7) is 9.94. The molecular formula is C14H28N2O2. The minimum atomic E-state index is -0.0825. The molecule has 1 aliphatic heterocycles. The number of likely N-dealkylation sites (tertiary alicyclic amines) is 1. The number of nitrogens with zero attached hydrogens (tertiary/aromatic N) is 1. The molecule has 1 saturated carbocycles. The third kappa shape index (κ3) is 4.50. The van der Waals surface area contributed by atoms with Gasteiger partial charge in [-0.15, -0.1) is 0 Å². The van der Waals surface area contributed by atoms with Gasteiger partial charge in [0.05, 0.1) is 0 Å². The van der Waals surface area contributed by atoms with Gasteiger partial charge in [-0.25, -0.2) is 0 Å². The summed E-state index contributed by atoms with van der Waals surface area (Å²) in [5.74, 6) is 0.814. The zero-order valence-corrected chi connectivity index (χ0v) is 11.9. The number of hydrogen-bond donors (Lipinski definition) is 1. The molecule has 1 N–H and O–H groups in total. The van der Waals surface area contributed by atoms with Crippen molar-refractivity contribution in [1.82, 2.24) is 10.2 Å². The lowest BCUT2D eigenvalue weighted by molar-refractivity contribution is -0.133. The molecule has 0 aromatic rings. The molecule has 1 saturated heterocycles. The molecule has 0 amide bonds. The number of nitrogens with one attached hydrogen (secondary N) is 1. The third-order valence-corrected chi connectivity index (χ3v) is 3.83. The van der Waals surface area contributed by atoms with Crippen molar-refractivity contribution in [1.29, 1.82) is 0 Å². The summed E-state index contributed by atoms with van der Waals surface area (Å²) in [5, 5.41) is 3.50. The van der Waals surface area contributed by atoms with Crippen LogP contribution in [0.25, 0.3) is 0 Å². The van der Waals surface area contributed by atoms with Crippen LogP contribution < -0.4 is 5.32 Å². The van der Waals surface area contributed by atoms with E-state index < -0.39 is 0 Å². The highest BCUT2D eigenvalue weighted by atomic mass is 16.7.